The normalized spacial score (nSPS) is 16.9. The summed E-state index contributed by atoms with van der Waals surface area (Å²) in [7, 11) is 0. The van der Waals surface area contributed by atoms with Crippen LogP contribution in [0.4, 0.5) is 13.2 Å². The van der Waals surface area contributed by atoms with Crippen molar-refractivity contribution < 1.29 is 22.4 Å². The van der Waals surface area contributed by atoms with E-state index in [0.717, 1.165) is 23.3 Å². The Kier molecular flexibility index (Phi) is 4.26. The van der Waals surface area contributed by atoms with Gasteiger partial charge in [0.25, 0.3) is 5.91 Å². The van der Waals surface area contributed by atoms with E-state index in [0.29, 0.717) is 18.5 Å². The van der Waals surface area contributed by atoms with Gasteiger partial charge >= 0.3 is 6.18 Å². The Bertz CT molecular complexity index is 946. The van der Waals surface area contributed by atoms with Crippen molar-refractivity contribution in [3.8, 4) is 0 Å². The lowest BCUT2D eigenvalue weighted by Crippen LogP contribution is -2.40. The minimum Gasteiger partial charge on any atom is -0.459 e. The molecule has 1 aromatic heterocycles. The maximum absolute atomic E-state index is 12.9. The first kappa shape index (κ1) is 17.4. The van der Waals surface area contributed by atoms with Crippen LogP contribution in [0.15, 0.2) is 71.3 Å². The molecule has 0 aliphatic carbocycles. The number of hydrogen-bond acceptors (Lipinski definition) is 2. The second-order valence-electron chi connectivity index (χ2n) is 6.45. The fourth-order valence-corrected chi connectivity index (χ4v) is 3.54. The van der Waals surface area contributed by atoms with E-state index in [-0.39, 0.29) is 11.7 Å². The zero-order chi connectivity index (χ0) is 19.0. The summed E-state index contributed by atoms with van der Waals surface area (Å²) in [6.45, 7) is 0.461. The van der Waals surface area contributed by atoms with Gasteiger partial charge in [0.2, 0.25) is 0 Å². The molecule has 6 heteroatoms. The molecule has 0 spiro atoms. The summed E-state index contributed by atoms with van der Waals surface area (Å²) >= 11 is 0. The highest BCUT2D eigenvalue weighted by molar-refractivity contribution is 5.92. The summed E-state index contributed by atoms with van der Waals surface area (Å²) in [5.41, 5.74) is 1.93. The molecule has 2 aromatic carbocycles. The van der Waals surface area contributed by atoms with E-state index >= 15 is 0 Å². The zero-order valence-electron chi connectivity index (χ0n) is 14.2. The summed E-state index contributed by atoms with van der Waals surface area (Å²) in [6.07, 6.45) is -2.29. The molecule has 3 nitrogen and oxygen atoms in total. The van der Waals surface area contributed by atoms with Crippen molar-refractivity contribution in [3.63, 3.8) is 0 Å². The second kappa shape index (κ2) is 6.61. The molecule has 0 fully saturated rings. The molecular weight excluding hydrogens is 355 g/mol. The van der Waals surface area contributed by atoms with Gasteiger partial charge in [0.05, 0.1) is 17.9 Å². The van der Waals surface area contributed by atoms with Crippen LogP contribution in [0.25, 0.3) is 0 Å². The number of benzene rings is 2. The van der Waals surface area contributed by atoms with Crippen LogP contribution >= 0.6 is 0 Å². The number of furan rings is 1. The molecule has 3 aromatic rings. The van der Waals surface area contributed by atoms with Gasteiger partial charge in [0, 0.05) is 6.54 Å². The van der Waals surface area contributed by atoms with Crippen LogP contribution in [-0.2, 0) is 12.6 Å². The number of amides is 1. The van der Waals surface area contributed by atoms with Crippen LogP contribution in [0.3, 0.4) is 0 Å². The number of hydrogen-bond donors (Lipinski definition) is 0. The molecule has 1 atom stereocenters. The van der Waals surface area contributed by atoms with E-state index in [4.69, 9.17) is 4.42 Å². The van der Waals surface area contributed by atoms with Gasteiger partial charge in [-0.3, -0.25) is 4.79 Å². The molecule has 0 bridgehead atoms. The first-order valence-electron chi connectivity index (χ1n) is 8.54. The summed E-state index contributed by atoms with van der Waals surface area (Å²) in [5, 5.41) is 0. The van der Waals surface area contributed by atoms with Crippen molar-refractivity contribution in [2.24, 2.45) is 0 Å². The molecular formula is C21H16F3NO2. The first-order chi connectivity index (χ1) is 12.9. The average Bonchev–Trinajstić information content (AvgIpc) is 3.21. The molecule has 27 heavy (non-hydrogen) atoms. The van der Waals surface area contributed by atoms with Gasteiger partial charge in [0.1, 0.15) is 0 Å². The standard InChI is InChI=1S/C21H16F3NO2/c22-21(23,24)16-9-7-15(8-10-16)19-17-5-2-1-4-14(17)11-12-25(19)20(26)18-6-3-13-27-18/h1-10,13,19H,11-12H2. The van der Waals surface area contributed by atoms with Crippen LogP contribution < -0.4 is 0 Å². The Morgan fingerprint density at radius 1 is 1.00 bits per heavy atom. The molecule has 0 saturated heterocycles. The molecule has 4 rings (SSSR count). The number of halogens is 3. The van der Waals surface area contributed by atoms with Gasteiger partial charge in [-0.05, 0) is 47.4 Å². The quantitative estimate of drug-likeness (QED) is 0.629. The van der Waals surface area contributed by atoms with E-state index in [1.54, 1.807) is 17.0 Å². The lowest BCUT2D eigenvalue weighted by molar-refractivity contribution is -0.137. The lowest BCUT2D eigenvalue weighted by Gasteiger charge is -2.37. The number of carbonyl (C=O) groups excluding carboxylic acids is 1. The zero-order valence-corrected chi connectivity index (χ0v) is 14.2. The van der Waals surface area contributed by atoms with Crippen LogP contribution in [-0.4, -0.2) is 17.4 Å². The van der Waals surface area contributed by atoms with Crippen LogP contribution in [0.2, 0.25) is 0 Å². The van der Waals surface area contributed by atoms with E-state index in [2.05, 4.69) is 0 Å². The maximum atomic E-state index is 12.9. The summed E-state index contributed by atoms with van der Waals surface area (Å²) < 4.78 is 44.0. The molecule has 138 valence electrons. The molecule has 0 radical (unpaired) electrons. The van der Waals surface area contributed by atoms with Crippen molar-refractivity contribution in [1.82, 2.24) is 4.90 Å². The van der Waals surface area contributed by atoms with E-state index in [9.17, 15) is 18.0 Å². The maximum Gasteiger partial charge on any atom is 0.416 e. The molecule has 1 aliphatic rings. The molecule has 0 saturated carbocycles. The molecule has 2 heterocycles. The highest BCUT2D eigenvalue weighted by Crippen LogP contribution is 2.37. The van der Waals surface area contributed by atoms with Crippen molar-refractivity contribution in [1.29, 1.82) is 0 Å². The highest BCUT2D eigenvalue weighted by Gasteiger charge is 2.35. The number of carbonyl (C=O) groups is 1. The fourth-order valence-electron chi connectivity index (χ4n) is 3.54. The topological polar surface area (TPSA) is 33.5 Å². The van der Waals surface area contributed by atoms with E-state index in [1.165, 1.54) is 18.4 Å². The largest absolute Gasteiger partial charge is 0.459 e. The van der Waals surface area contributed by atoms with E-state index in [1.807, 2.05) is 24.3 Å². The van der Waals surface area contributed by atoms with Crippen molar-refractivity contribution in [2.45, 2.75) is 18.6 Å². The van der Waals surface area contributed by atoms with E-state index < -0.39 is 17.8 Å². The SMILES string of the molecule is O=C(c1ccco1)N1CCc2ccccc2C1c1ccc(C(F)(F)F)cc1. The number of nitrogens with zero attached hydrogens (tertiary/aromatic N) is 1. The minimum atomic E-state index is -4.40. The minimum absolute atomic E-state index is 0.214. The molecule has 1 unspecified atom stereocenters. The Balaban J connectivity index is 1.78. The molecule has 0 N–H and O–H groups in total. The molecule has 1 aliphatic heterocycles. The third-order valence-electron chi connectivity index (χ3n) is 4.83. The Hall–Kier alpha value is -3.02. The van der Waals surface area contributed by atoms with Crippen LogP contribution in [0, 0.1) is 0 Å². The van der Waals surface area contributed by atoms with Crippen LogP contribution in [0.5, 0.6) is 0 Å². The van der Waals surface area contributed by atoms with Gasteiger partial charge in [-0.2, -0.15) is 13.2 Å². The summed E-state index contributed by atoms with van der Waals surface area (Å²) in [5.74, 6) is -0.0642. The predicted octanol–water partition coefficient (Wildman–Crippen LogP) is 5.09. The molecule has 1 amide bonds. The second-order valence-corrected chi connectivity index (χ2v) is 6.45. The summed E-state index contributed by atoms with van der Waals surface area (Å²) in [4.78, 5) is 14.6. The van der Waals surface area contributed by atoms with Crippen LogP contribution in [0.1, 0.15) is 38.9 Å². The average molecular weight is 371 g/mol. The smallest absolute Gasteiger partial charge is 0.416 e. The Labute approximate surface area is 154 Å². The van der Waals surface area contributed by atoms with Gasteiger partial charge in [-0.25, -0.2) is 0 Å². The summed E-state index contributed by atoms with van der Waals surface area (Å²) in [6, 6.07) is 15.5. The van der Waals surface area contributed by atoms with Crippen molar-refractivity contribution >= 4 is 5.91 Å². The first-order valence-corrected chi connectivity index (χ1v) is 8.54. The highest BCUT2D eigenvalue weighted by atomic mass is 19.4. The van der Waals surface area contributed by atoms with Crippen molar-refractivity contribution in [3.05, 3.63) is 94.9 Å². The monoisotopic (exact) mass is 371 g/mol. The fraction of sp³-hybridized carbons (Fsp3) is 0.190. The lowest BCUT2D eigenvalue weighted by atomic mass is 9.87. The number of fused-ring (bicyclic) bond motifs is 1. The number of alkyl halides is 3. The van der Waals surface area contributed by atoms with Gasteiger partial charge < -0.3 is 9.32 Å². The van der Waals surface area contributed by atoms with Gasteiger partial charge in [0.15, 0.2) is 5.76 Å². The Morgan fingerprint density at radius 3 is 2.41 bits per heavy atom. The Morgan fingerprint density at radius 2 is 1.74 bits per heavy atom. The van der Waals surface area contributed by atoms with Crippen molar-refractivity contribution in [2.75, 3.05) is 6.54 Å². The third kappa shape index (κ3) is 3.23. The van der Waals surface area contributed by atoms with Gasteiger partial charge in [-0.15, -0.1) is 0 Å². The van der Waals surface area contributed by atoms with Gasteiger partial charge in [-0.1, -0.05) is 36.4 Å². The number of rotatable bonds is 2. The predicted molar refractivity (Wildman–Crippen MR) is 93.2 cm³/mol. The third-order valence-corrected chi connectivity index (χ3v) is 4.83.